The average molecular weight is 665 g/mol. The number of benzene rings is 4. The standard InChI is InChI=1S/C45H40N6/c1-28-13-7-9-15-40(28)48-32(5)44-19-11-17-42(50-44)30(3)46-36-21-23-38-34(26-36)25-35-27-37(22-24-39(35)38)47-31(4)43-18-12-20-45(51-43)33(6)49-41-16-10-8-14-29(41)2/h7-24,26-27H,25H2,1-6H3/b46-30+,47-31+,48-32+,49-33+. The maximum Gasteiger partial charge on any atom is 0.0849 e. The van der Waals surface area contributed by atoms with Crippen molar-refractivity contribution in [1.29, 1.82) is 0 Å². The van der Waals surface area contributed by atoms with Crippen LogP contribution < -0.4 is 0 Å². The van der Waals surface area contributed by atoms with Crippen LogP contribution in [0.2, 0.25) is 0 Å². The van der Waals surface area contributed by atoms with Crippen LogP contribution in [0, 0.1) is 13.8 Å². The predicted octanol–water partition coefficient (Wildman–Crippen LogP) is 11.2. The highest BCUT2D eigenvalue weighted by atomic mass is 14.8. The van der Waals surface area contributed by atoms with Crippen LogP contribution >= 0.6 is 0 Å². The first-order valence-corrected chi connectivity index (χ1v) is 17.3. The summed E-state index contributed by atoms with van der Waals surface area (Å²) in [5, 5.41) is 0. The van der Waals surface area contributed by atoms with Gasteiger partial charge in [0.15, 0.2) is 0 Å². The third-order valence-corrected chi connectivity index (χ3v) is 9.23. The summed E-state index contributed by atoms with van der Waals surface area (Å²) in [5.74, 6) is 0. The van der Waals surface area contributed by atoms with Gasteiger partial charge in [-0.1, -0.05) is 60.7 Å². The van der Waals surface area contributed by atoms with Crippen molar-refractivity contribution in [3.05, 3.63) is 166 Å². The molecule has 2 aromatic heterocycles. The number of aryl methyl sites for hydroxylation is 2. The molecule has 7 rings (SSSR count). The predicted molar refractivity (Wildman–Crippen MR) is 213 cm³/mol. The maximum atomic E-state index is 4.98. The second kappa shape index (κ2) is 14.4. The Balaban J connectivity index is 1.08. The maximum absolute atomic E-state index is 4.98. The molecule has 1 aliphatic rings. The molecule has 6 aromatic rings. The molecule has 0 fully saturated rings. The first-order valence-electron chi connectivity index (χ1n) is 17.3. The van der Waals surface area contributed by atoms with E-state index in [-0.39, 0.29) is 0 Å². The number of pyridine rings is 2. The van der Waals surface area contributed by atoms with Crippen LogP contribution in [0.4, 0.5) is 22.7 Å². The molecular formula is C45H40N6. The largest absolute Gasteiger partial charge is 0.252 e. The molecule has 0 atom stereocenters. The first kappa shape index (κ1) is 33.4. The topological polar surface area (TPSA) is 75.2 Å². The van der Waals surface area contributed by atoms with Crippen molar-refractivity contribution in [2.45, 2.75) is 48.0 Å². The molecule has 2 heterocycles. The minimum absolute atomic E-state index is 0.833. The van der Waals surface area contributed by atoms with Crippen LogP contribution in [-0.4, -0.2) is 32.8 Å². The summed E-state index contributed by atoms with van der Waals surface area (Å²) in [6, 6.07) is 41.2. The SMILES string of the molecule is C/C(=N\c1ccc2c(c1)Cc1cc(/N=C(\C)c3cccc(/C(C)=N/c4ccccc4C)n3)ccc1-2)c1cccc(/C(C)=N/c2ccccc2C)n1. The molecule has 0 radical (unpaired) electrons. The molecule has 0 bridgehead atoms. The van der Waals surface area contributed by atoms with Crippen LogP contribution in [0.5, 0.6) is 0 Å². The first-order chi connectivity index (χ1) is 24.7. The Labute approximate surface area is 300 Å². The third-order valence-electron chi connectivity index (χ3n) is 9.23. The number of aliphatic imine (C=N–C) groups is 4. The van der Waals surface area contributed by atoms with E-state index in [4.69, 9.17) is 29.9 Å². The minimum atomic E-state index is 0.833. The molecule has 0 aliphatic heterocycles. The van der Waals surface area contributed by atoms with E-state index in [9.17, 15) is 0 Å². The molecule has 0 saturated carbocycles. The second-order valence-corrected chi connectivity index (χ2v) is 13.0. The van der Waals surface area contributed by atoms with Crippen LogP contribution in [-0.2, 0) is 6.42 Å². The summed E-state index contributed by atoms with van der Waals surface area (Å²) in [6.07, 6.45) is 0.833. The normalized spacial score (nSPS) is 13.3. The molecule has 0 N–H and O–H groups in total. The van der Waals surface area contributed by atoms with Gasteiger partial charge < -0.3 is 0 Å². The van der Waals surface area contributed by atoms with Crippen molar-refractivity contribution in [1.82, 2.24) is 9.97 Å². The Bertz CT molecular complexity index is 2240. The summed E-state index contributed by atoms with van der Waals surface area (Å²) in [5.41, 5.74) is 17.8. The number of rotatable bonds is 8. The lowest BCUT2D eigenvalue weighted by atomic mass is 10.0. The fourth-order valence-electron chi connectivity index (χ4n) is 6.35. The van der Waals surface area contributed by atoms with Crippen molar-refractivity contribution in [3.63, 3.8) is 0 Å². The molecular weight excluding hydrogens is 625 g/mol. The van der Waals surface area contributed by atoms with Crippen molar-refractivity contribution in [2.75, 3.05) is 0 Å². The summed E-state index contributed by atoms with van der Waals surface area (Å²) >= 11 is 0. The number of hydrogen-bond acceptors (Lipinski definition) is 6. The fraction of sp³-hybridized carbons (Fsp3) is 0.156. The number of aromatic nitrogens is 2. The second-order valence-electron chi connectivity index (χ2n) is 13.0. The fourth-order valence-corrected chi connectivity index (χ4v) is 6.35. The van der Waals surface area contributed by atoms with Gasteiger partial charge in [0, 0.05) is 0 Å². The van der Waals surface area contributed by atoms with Gasteiger partial charge in [-0.3, -0.25) is 20.0 Å². The molecule has 0 saturated heterocycles. The summed E-state index contributed by atoms with van der Waals surface area (Å²) in [7, 11) is 0. The summed E-state index contributed by atoms with van der Waals surface area (Å²) in [6.45, 7) is 12.2. The highest BCUT2D eigenvalue weighted by molar-refractivity contribution is 6.03. The Morgan fingerprint density at radius 2 is 0.804 bits per heavy atom. The van der Waals surface area contributed by atoms with E-state index in [0.717, 1.165) is 85.9 Å². The van der Waals surface area contributed by atoms with E-state index < -0.39 is 0 Å². The Morgan fingerprint density at radius 1 is 0.431 bits per heavy atom. The van der Waals surface area contributed by atoms with E-state index in [2.05, 4.69) is 62.4 Å². The molecule has 4 aromatic carbocycles. The zero-order valence-electron chi connectivity index (χ0n) is 29.9. The smallest absolute Gasteiger partial charge is 0.0849 e. The van der Waals surface area contributed by atoms with E-state index in [0.29, 0.717) is 0 Å². The van der Waals surface area contributed by atoms with E-state index in [1.54, 1.807) is 0 Å². The van der Waals surface area contributed by atoms with Crippen molar-refractivity contribution >= 4 is 45.6 Å². The zero-order chi connectivity index (χ0) is 35.5. The van der Waals surface area contributed by atoms with E-state index in [1.807, 2.05) is 100 Å². The molecule has 0 amide bonds. The van der Waals surface area contributed by atoms with Gasteiger partial charge in [0.05, 0.1) is 68.4 Å². The summed E-state index contributed by atoms with van der Waals surface area (Å²) < 4.78 is 0. The third kappa shape index (κ3) is 7.41. The van der Waals surface area contributed by atoms with Gasteiger partial charge in [0.25, 0.3) is 0 Å². The van der Waals surface area contributed by atoms with E-state index >= 15 is 0 Å². The number of hydrogen-bond donors (Lipinski definition) is 0. The zero-order valence-corrected chi connectivity index (χ0v) is 29.9. The minimum Gasteiger partial charge on any atom is -0.252 e. The highest BCUT2D eigenvalue weighted by Gasteiger charge is 2.19. The molecule has 6 heteroatoms. The lowest BCUT2D eigenvalue weighted by molar-refractivity contribution is 1.23. The van der Waals surface area contributed by atoms with Crippen LogP contribution in [0.25, 0.3) is 11.1 Å². The molecule has 250 valence electrons. The van der Waals surface area contributed by atoms with E-state index in [1.165, 1.54) is 22.3 Å². The van der Waals surface area contributed by atoms with Gasteiger partial charge in [0.1, 0.15) is 0 Å². The van der Waals surface area contributed by atoms with Crippen LogP contribution in [0.3, 0.4) is 0 Å². The Morgan fingerprint density at radius 3 is 1.20 bits per heavy atom. The van der Waals surface area contributed by atoms with Crippen LogP contribution in [0.1, 0.15) is 72.7 Å². The quantitative estimate of drug-likeness (QED) is 0.152. The van der Waals surface area contributed by atoms with Gasteiger partial charge in [0.2, 0.25) is 0 Å². The van der Waals surface area contributed by atoms with Gasteiger partial charge in [-0.15, -0.1) is 0 Å². The number of fused-ring (bicyclic) bond motifs is 3. The molecule has 0 unspecified atom stereocenters. The Kier molecular flexibility index (Phi) is 9.40. The lowest BCUT2D eigenvalue weighted by Gasteiger charge is -2.07. The highest BCUT2D eigenvalue weighted by Crippen LogP contribution is 2.40. The van der Waals surface area contributed by atoms with Gasteiger partial charge in [-0.2, -0.15) is 0 Å². The molecule has 6 nitrogen and oxygen atoms in total. The molecule has 51 heavy (non-hydrogen) atoms. The molecule has 0 spiro atoms. The van der Waals surface area contributed by atoms with Gasteiger partial charge in [-0.25, -0.2) is 9.97 Å². The number of nitrogens with zero attached hydrogens (tertiary/aromatic N) is 6. The number of para-hydroxylation sites is 2. The monoisotopic (exact) mass is 664 g/mol. The van der Waals surface area contributed by atoms with Gasteiger partial charge in [-0.05, 0) is 142 Å². The lowest BCUT2D eigenvalue weighted by Crippen LogP contribution is -2.05. The van der Waals surface area contributed by atoms with Crippen molar-refractivity contribution in [3.8, 4) is 11.1 Å². The van der Waals surface area contributed by atoms with Gasteiger partial charge >= 0.3 is 0 Å². The Hall–Kier alpha value is -6.14. The summed E-state index contributed by atoms with van der Waals surface area (Å²) in [4.78, 5) is 29.4. The van der Waals surface area contributed by atoms with Crippen molar-refractivity contribution in [2.24, 2.45) is 20.0 Å². The van der Waals surface area contributed by atoms with Crippen molar-refractivity contribution < 1.29 is 0 Å². The average Bonchev–Trinajstić information content (AvgIpc) is 3.50. The van der Waals surface area contributed by atoms with Crippen LogP contribution in [0.15, 0.2) is 141 Å². The molecule has 1 aliphatic carbocycles.